The van der Waals surface area contributed by atoms with Crippen LogP contribution >= 0.6 is 11.8 Å². The number of thioether (sulfide) groups is 1. The van der Waals surface area contributed by atoms with Gasteiger partial charge in [-0.25, -0.2) is 4.39 Å². The number of nitrogens with one attached hydrogen (secondary N) is 1. The highest BCUT2D eigenvalue weighted by atomic mass is 32.2. The smallest absolute Gasteiger partial charge is 0.125 e. The van der Waals surface area contributed by atoms with E-state index in [4.69, 9.17) is 5.73 Å². The third kappa shape index (κ3) is 2.44. The second kappa shape index (κ2) is 4.41. The second-order valence-corrected chi connectivity index (χ2v) is 5.03. The first kappa shape index (κ1) is 10.8. The lowest BCUT2D eigenvalue weighted by Gasteiger charge is -2.29. The lowest BCUT2D eigenvalue weighted by molar-refractivity contribution is 0.536. The van der Waals surface area contributed by atoms with Gasteiger partial charge in [0.05, 0.1) is 5.54 Å². The molecule has 2 nitrogen and oxygen atoms in total. The van der Waals surface area contributed by atoms with Crippen LogP contribution in [0.1, 0.15) is 6.42 Å². The Labute approximate surface area is 93.4 Å². The van der Waals surface area contributed by atoms with Gasteiger partial charge in [0.1, 0.15) is 5.82 Å². The zero-order valence-corrected chi connectivity index (χ0v) is 9.32. The molecule has 1 saturated heterocycles. The monoisotopic (exact) mass is 226 g/mol. The summed E-state index contributed by atoms with van der Waals surface area (Å²) in [6, 6.07) is 6.55. The van der Waals surface area contributed by atoms with E-state index < -0.39 is 0 Å². The van der Waals surface area contributed by atoms with Crippen LogP contribution in [0, 0.1) is 5.82 Å². The topological polar surface area (TPSA) is 38.0 Å². The van der Waals surface area contributed by atoms with E-state index in [0.29, 0.717) is 6.54 Å². The highest BCUT2D eigenvalue weighted by Crippen LogP contribution is 2.30. The fourth-order valence-electron chi connectivity index (χ4n) is 1.79. The summed E-state index contributed by atoms with van der Waals surface area (Å²) in [6.07, 6.45) is 1.05. The van der Waals surface area contributed by atoms with Crippen molar-refractivity contribution in [1.29, 1.82) is 0 Å². The summed E-state index contributed by atoms with van der Waals surface area (Å²) >= 11 is 1.89. The molecule has 2 rings (SSSR count). The summed E-state index contributed by atoms with van der Waals surface area (Å²) in [5.74, 6) is 1.91. The third-order valence-electron chi connectivity index (χ3n) is 2.73. The standard InChI is InChI=1S/C11H15FN2S/c12-9-2-1-3-10(6-9)14-11(7-13)4-5-15-8-11/h1-3,6,14H,4-5,7-8,13H2. The van der Waals surface area contributed by atoms with E-state index in [-0.39, 0.29) is 11.4 Å². The summed E-state index contributed by atoms with van der Waals surface area (Å²) in [5.41, 5.74) is 6.56. The maximum Gasteiger partial charge on any atom is 0.125 e. The molecule has 0 aliphatic carbocycles. The maximum atomic E-state index is 13.0. The number of hydrogen-bond donors (Lipinski definition) is 2. The van der Waals surface area contributed by atoms with Gasteiger partial charge >= 0.3 is 0 Å². The minimum atomic E-state index is -0.210. The average Bonchev–Trinajstić information content (AvgIpc) is 2.67. The molecule has 0 aromatic heterocycles. The second-order valence-electron chi connectivity index (χ2n) is 3.92. The van der Waals surface area contributed by atoms with Crippen LogP contribution in [-0.2, 0) is 0 Å². The number of rotatable bonds is 3. The molecule has 1 atom stereocenters. The van der Waals surface area contributed by atoms with Crippen molar-refractivity contribution in [3.63, 3.8) is 0 Å². The summed E-state index contributed by atoms with van der Waals surface area (Å²) in [6.45, 7) is 0.594. The average molecular weight is 226 g/mol. The Morgan fingerprint density at radius 3 is 3.00 bits per heavy atom. The maximum absolute atomic E-state index is 13.0. The number of halogens is 1. The number of nitrogens with two attached hydrogens (primary N) is 1. The summed E-state index contributed by atoms with van der Waals surface area (Å²) in [5, 5.41) is 3.36. The van der Waals surface area contributed by atoms with Gasteiger partial charge in [-0.2, -0.15) is 11.8 Å². The fourth-order valence-corrected chi connectivity index (χ4v) is 3.19. The van der Waals surface area contributed by atoms with E-state index in [1.165, 1.54) is 12.1 Å². The predicted molar refractivity (Wildman–Crippen MR) is 63.8 cm³/mol. The molecule has 3 N–H and O–H groups in total. The fraction of sp³-hybridized carbons (Fsp3) is 0.455. The summed E-state index contributed by atoms with van der Waals surface area (Å²) in [4.78, 5) is 0. The lowest BCUT2D eigenvalue weighted by Crippen LogP contribution is -2.45. The van der Waals surface area contributed by atoms with Crippen LogP contribution < -0.4 is 11.1 Å². The Hall–Kier alpha value is -0.740. The van der Waals surface area contributed by atoms with E-state index in [1.54, 1.807) is 6.07 Å². The van der Waals surface area contributed by atoms with Gasteiger partial charge in [0.15, 0.2) is 0 Å². The van der Waals surface area contributed by atoms with Gasteiger partial charge in [0.2, 0.25) is 0 Å². The minimum Gasteiger partial charge on any atom is -0.377 e. The van der Waals surface area contributed by atoms with E-state index in [2.05, 4.69) is 5.32 Å². The van der Waals surface area contributed by atoms with Crippen LogP contribution in [0.4, 0.5) is 10.1 Å². The van der Waals surface area contributed by atoms with Crippen LogP contribution in [0.25, 0.3) is 0 Å². The molecule has 82 valence electrons. The molecule has 0 amide bonds. The van der Waals surface area contributed by atoms with E-state index >= 15 is 0 Å². The Morgan fingerprint density at radius 1 is 1.53 bits per heavy atom. The van der Waals surface area contributed by atoms with Gasteiger partial charge in [-0.05, 0) is 30.4 Å². The van der Waals surface area contributed by atoms with Gasteiger partial charge in [-0.1, -0.05) is 6.07 Å². The molecule has 1 aliphatic rings. The first-order valence-corrected chi connectivity index (χ1v) is 6.21. The molecule has 1 aromatic carbocycles. The summed E-state index contributed by atoms with van der Waals surface area (Å²) < 4.78 is 13.0. The zero-order valence-electron chi connectivity index (χ0n) is 8.50. The Morgan fingerprint density at radius 2 is 2.40 bits per heavy atom. The van der Waals surface area contributed by atoms with Crippen molar-refractivity contribution in [3.05, 3.63) is 30.1 Å². The first-order valence-electron chi connectivity index (χ1n) is 5.06. The molecule has 0 saturated carbocycles. The number of hydrogen-bond acceptors (Lipinski definition) is 3. The highest BCUT2D eigenvalue weighted by Gasteiger charge is 2.32. The zero-order chi connectivity index (χ0) is 10.7. The quantitative estimate of drug-likeness (QED) is 0.828. The highest BCUT2D eigenvalue weighted by molar-refractivity contribution is 7.99. The van der Waals surface area contributed by atoms with Gasteiger partial charge in [0.25, 0.3) is 0 Å². The van der Waals surface area contributed by atoms with Gasteiger partial charge in [0, 0.05) is 18.0 Å². The molecular weight excluding hydrogens is 211 g/mol. The molecule has 1 aromatic rings. The molecule has 1 heterocycles. The Kier molecular flexibility index (Phi) is 3.17. The third-order valence-corrected chi connectivity index (χ3v) is 3.98. The SMILES string of the molecule is NCC1(Nc2cccc(F)c2)CCSC1. The number of anilines is 1. The van der Waals surface area contributed by atoms with Crippen LogP contribution in [-0.4, -0.2) is 23.6 Å². The Bertz CT molecular complexity index is 337. The number of benzene rings is 1. The van der Waals surface area contributed by atoms with Crippen LogP contribution in [0.2, 0.25) is 0 Å². The molecular formula is C11H15FN2S. The van der Waals surface area contributed by atoms with Gasteiger partial charge in [-0.15, -0.1) is 0 Å². The van der Waals surface area contributed by atoms with Crippen LogP contribution in [0.15, 0.2) is 24.3 Å². The van der Waals surface area contributed by atoms with Crippen molar-refractivity contribution < 1.29 is 4.39 Å². The van der Waals surface area contributed by atoms with Crippen molar-refractivity contribution in [3.8, 4) is 0 Å². The van der Waals surface area contributed by atoms with Crippen LogP contribution in [0.3, 0.4) is 0 Å². The van der Waals surface area contributed by atoms with Crippen molar-refractivity contribution in [1.82, 2.24) is 0 Å². The molecule has 4 heteroatoms. The molecule has 15 heavy (non-hydrogen) atoms. The molecule has 0 spiro atoms. The molecule has 0 radical (unpaired) electrons. The van der Waals surface area contributed by atoms with E-state index in [9.17, 15) is 4.39 Å². The minimum absolute atomic E-state index is 0.0432. The van der Waals surface area contributed by atoms with Crippen molar-refractivity contribution in [2.75, 3.05) is 23.4 Å². The predicted octanol–water partition coefficient (Wildman–Crippen LogP) is 2.07. The van der Waals surface area contributed by atoms with Crippen molar-refractivity contribution >= 4 is 17.4 Å². The van der Waals surface area contributed by atoms with Gasteiger partial charge in [-0.3, -0.25) is 0 Å². The van der Waals surface area contributed by atoms with Crippen molar-refractivity contribution in [2.24, 2.45) is 5.73 Å². The Balaban J connectivity index is 2.12. The summed E-state index contributed by atoms with van der Waals surface area (Å²) in [7, 11) is 0. The lowest BCUT2D eigenvalue weighted by atomic mass is 9.99. The molecule has 0 bridgehead atoms. The van der Waals surface area contributed by atoms with Crippen LogP contribution in [0.5, 0.6) is 0 Å². The largest absolute Gasteiger partial charge is 0.377 e. The van der Waals surface area contributed by atoms with Gasteiger partial charge < -0.3 is 11.1 Å². The van der Waals surface area contributed by atoms with E-state index in [1.807, 2.05) is 17.8 Å². The van der Waals surface area contributed by atoms with Crippen molar-refractivity contribution in [2.45, 2.75) is 12.0 Å². The normalized spacial score (nSPS) is 25.5. The van der Waals surface area contributed by atoms with E-state index in [0.717, 1.165) is 23.6 Å². The first-order chi connectivity index (χ1) is 7.24. The molecule has 1 unspecified atom stereocenters. The molecule has 1 aliphatic heterocycles. The molecule has 1 fully saturated rings.